The Morgan fingerprint density at radius 2 is 1.39 bits per heavy atom. The predicted octanol–water partition coefficient (Wildman–Crippen LogP) is 0.767. The third-order valence-electron chi connectivity index (χ3n) is 3.56. The molecular formula is C17H19N3O3. The molecule has 0 heterocycles. The summed E-state index contributed by atoms with van der Waals surface area (Å²) < 4.78 is 0. The van der Waals surface area contributed by atoms with Crippen LogP contribution in [0.1, 0.15) is 17.0 Å². The number of benzene rings is 2. The maximum Gasteiger partial charge on any atom is 0.269 e. The first-order valence-electron chi connectivity index (χ1n) is 7.20. The molecule has 1 atom stereocenters. The lowest BCUT2D eigenvalue weighted by Gasteiger charge is -2.20. The minimum Gasteiger partial charge on any atom is -0.353 e. The molecule has 6 nitrogen and oxygen atoms in total. The molecule has 2 rings (SSSR count). The van der Waals surface area contributed by atoms with E-state index in [2.05, 4.69) is 5.32 Å². The Labute approximate surface area is 134 Å². The zero-order valence-corrected chi connectivity index (χ0v) is 12.5. The Bertz CT molecular complexity index is 607. The molecule has 120 valence electrons. The van der Waals surface area contributed by atoms with Gasteiger partial charge in [-0.15, -0.1) is 0 Å². The van der Waals surface area contributed by atoms with Crippen LogP contribution in [-0.2, 0) is 9.59 Å². The predicted molar refractivity (Wildman–Crippen MR) is 85.6 cm³/mol. The van der Waals surface area contributed by atoms with Crippen molar-refractivity contribution in [2.75, 3.05) is 6.54 Å². The van der Waals surface area contributed by atoms with Gasteiger partial charge in [0.15, 0.2) is 6.04 Å². The van der Waals surface area contributed by atoms with Crippen LogP contribution < -0.4 is 16.5 Å². The van der Waals surface area contributed by atoms with Crippen LogP contribution in [0.3, 0.4) is 0 Å². The first-order chi connectivity index (χ1) is 11.1. The fraction of sp³-hybridized carbons (Fsp3) is 0.176. The highest BCUT2D eigenvalue weighted by Crippen LogP contribution is 2.23. The maximum absolute atomic E-state index is 11.9. The van der Waals surface area contributed by atoms with Gasteiger partial charge in [-0.3, -0.25) is 14.8 Å². The van der Waals surface area contributed by atoms with Gasteiger partial charge < -0.3 is 11.1 Å². The van der Waals surface area contributed by atoms with E-state index in [1.54, 1.807) is 0 Å². The average Bonchev–Trinajstić information content (AvgIpc) is 2.62. The van der Waals surface area contributed by atoms with Crippen LogP contribution in [0.2, 0.25) is 0 Å². The Morgan fingerprint density at radius 3 is 1.83 bits per heavy atom. The van der Waals surface area contributed by atoms with E-state index in [0.29, 0.717) is 6.54 Å². The molecule has 2 amide bonds. The van der Waals surface area contributed by atoms with Crippen molar-refractivity contribution in [1.82, 2.24) is 10.8 Å². The minimum atomic E-state index is -1.45. The maximum atomic E-state index is 11.9. The van der Waals surface area contributed by atoms with E-state index < -0.39 is 17.9 Å². The van der Waals surface area contributed by atoms with Crippen molar-refractivity contribution in [3.8, 4) is 0 Å². The monoisotopic (exact) mass is 313 g/mol. The smallest absolute Gasteiger partial charge is 0.269 e. The molecule has 0 saturated carbocycles. The highest BCUT2D eigenvalue weighted by Gasteiger charge is 2.23. The van der Waals surface area contributed by atoms with Gasteiger partial charge in [0.25, 0.3) is 5.91 Å². The van der Waals surface area contributed by atoms with E-state index in [1.807, 2.05) is 60.7 Å². The van der Waals surface area contributed by atoms with Crippen LogP contribution in [-0.4, -0.2) is 29.6 Å². The van der Waals surface area contributed by atoms with Gasteiger partial charge >= 0.3 is 0 Å². The number of carbonyl (C=O) groups is 2. The SMILES string of the molecule is NC(C(=O)NO)C(=O)NCC(c1ccccc1)c1ccccc1. The molecule has 5 N–H and O–H groups in total. The number of nitrogens with one attached hydrogen (secondary N) is 2. The number of carbonyl (C=O) groups excluding carboxylic acids is 2. The van der Waals surface area contributed by atoms with Gasteiger partial charge in [0.2, 0.25) is 5.91 Å². The minimum absolute atomic E-state index is 0.0641. The van der Waals surface area contributed by atoms with Crippen LogP contribution in [0.5, 0.6) is 0 Å². The Hall–Kier alpha value is -2.70. The van der Waals surface area contributed by atoms with Crippen molar-refractivity contribution in [1.29, 1.82) is 0 Å². The van der Waals surface area contributed by atoms with Gasteiger partial charge in [-0.1, -0.05) is 60.7 Å². The summed E-state index contributed by atoms with van der Waals surface area (Å²) >= 11 is 0. The lowest BCUT2D eigenvalue weighted by atomic mass is 9.91. The lowest BCUT2D eigenvalue weighted by molar-refractivity contribution is -0.136. The lowest BCUT2D eigenvalue weighted by Crippen LogP contribution is -2.50. The number of hydrogen-bond donors (Lipinski definition) is 4. The summed E-state index contributed by atoms with van der Waals surface area (Å²) in [5.74, 6) is -1.65. The molecule has 23 heavy (non-hydrogen) atoms. The molecule has 6 heteroatoms. The molecule has 0 fully saturated rings. The van der Waals surface area contributed by atoms with Gasteiger partial charge in [0.1, 0.15) is 0 Å². The normalized spacial score (nSPS) is 11.8. The first-order valence-corrected chi connectivity index (χ1v) is 7.20. The fourth-order valence-electron chi connectivity index (χ4n) is 2.30. The summed E-state index contributed by atoms with van der Waals surface area (Å²) in [6.45, 7) is 0.291. The van der Waals surface area contributed by atoms with Crippen LogP contribution >= 0.6 is 0 Å². The number of hydrogen-bond acceptors (Lipinski definition) is 4. The summed E-state index contributed by atoms with van der Waals surface area (Å²) in [4.78, 5) is 23.1. The number of amides is 2. The molecule has 0 bridgehead atoms. The van der Waals surface area contributed by atoms with Crippen LogP contribution in [0.4, 0.5) is 0 Å². The zero-order chi connectivity index (χ0) is 16.7. The van der Waals surface area contributed by atoms with Gasteiger partial charge in [-0.25, -0.2) is 5.48 Å². The van der Waals surface area contributed by atoms with Gasteiger partial charge in [-0.05, 0) is 11.1 Å². The standard InChI is InChI=1S/C17H19N3O3/c18-15(17(22)20-23)16(21)19-11-14(12-7-3-1-4-8-12)13-9-5-2-6-10-13/h1-10,14-15,23H,11,18H2,(H,19,21)(H,20,22). The molecule has 0 aromatic heterocycles. The third-order valence-corrected chi connectivity index (χ3v) is 3.56. The van der Waals surface area contributed by atoms with E-state index in [0.717, 1.165) is 11.1 Å². The molecule has 2 aromatic carbocycles. The largest absolute Gasteiger partial charge is 0.353 e. The van der Waals surface area contributed by atoms with Crippen molar-refractivity contribution < 1.29 is 14.8 Å². The summed E-state index contributed by atoms with van der Waals surface area (Å²) in [7, 11) is 0. The third kappa shape index (κ3) is 4.38. The molecule has 0 aliphatic rings. The molecule has 0 aliphatic carbocycles. The van der Waals surface area contributed by atoms with E-state index in [1.165, 1.54) is 5.48 Å². The summed E-state index contributed by atoms with van der Waals surface area (Å²) in [5, 5.41) is 11.2. The van der Waals surface area contributed by atoms with Gasteiger partial charge in [0.05, 0.1) is 0 Å². The van der Waals surface area contributed by atoms with Crippen LogP contribution in [0.15, 0.2) is 60.7 Å². The Morgan fingerprint density at radius 1 is 0.913 bits per heavy atom. The second-order valence-electron chi connectivity index (χ2n) is 5.07. The van der Waals surface area contributed by atoms with Crippen molar-refractivity contribution in [2.45, 2.75) is 12.0 Å². The highest BCUT2D eigenvalue weighted by molar-refractivity contribution is 6.03. The van der Waals surface area contributed by atoms with Crippen molar-refractivity contribution in [3.05, 3.63) is 71.8 Å². The molecular weight excluding hydrogens is 294 g/mol. The summed E-state index contributed by atoms with van der Waals surface area (Å²) in [6.07, 6.45) is 0. The van der Waals surface area contributed by atoms with Crippen molar-refractivity contribution in [2.24, 2.45) is 5.73 Å². The van der Waals surface area contributed by atoms with Crippen LogP contribution in [0.25, 0.3) is 0 Å². The van der Waals surface area contributed by atoms with E-state index in [4.69, 9.17) is 10.9 Å². The molecule has 1 unspecified atom stereocenters. The van der Waals surface area contributed by atoms with Crippen molar-refractivity contribution in [3.63, 3.8) is 0 Å². The molecule has 2 aromatic rings. The van der Waals surface area contributed by atoms with Gasteiger partial charge in [-0.2, -0.15) is 0 Å². The fourth-order valence-corrected chi connectivity index (χ4v) is 2.30. The van der Waals surface area contributed by atoms with E-state index >= 15 is 0 Å². The Balaban J connectivity index is 2.14. The van der Waals surface area contributed by atoms with E-state index in [-0.39, 0.29) is 5.92 Å². The topological polar surface area (TPSA) is 104 Å². The molecule has 0 spiro atoms. The van der Waals surface area contributed by atoms with Gasteiger partial charge in [0, 0.05) is 12.5 Å². The number of hydroxylamine groups is 1. The first kappa shape index (κ1) is 16.7. The molecule has 0 aliphatic heterocycles. The zero-order valence-electron chi connectivity index (χ0n) is 12.5. The second-order valence-corrected chi connectivity index (χ2v) is 5.07. The van der Waals surface area contributed by atoms with Crippen molar-refractivity contribution >= 4 is 11.8 Å². The molecule has 0 saturated heterocycles. The average molecular weight is 313 g/mol. The summed E-state index contributed by atoms with van der Waals surface area (Å²) in [5.41, 5.74) is 8.90. The Kier molecular flexibility index (Phi) is 5.85. The quantitative estimate of drug-likeness (QED) is 0.359. The second kappa shape index (κ2) is 8.07. The van der Waals surface area contributed by atoms with E-state index in [9.17, 15) is 9.59 Å². The summed E-state index contributed by atoms with van der Waals surface area (Å²) in [6, 6.07) is 18.0. The molecule has 0 radical (unpaired) electrons. The number of nitrogens with two attached hydrogens (primary N) is 1. The number of rotatable bonds is 6. The highest BCUT2D eigenvalue weighted by atomic mass is 16.5. The van der Waals surface area contributed by atoms with Crippen LogP contribution in [0, 0.1) is 0 Å².